The fourth-order valence-corrected chi connectivity index (χ4v) is 3.86. The van der Waals surface area contributed by atoms with Gasteiger partial charge in [-0.1, -0.05) is 26.7 Å². The summed E-state index contributed by atoms with van der Waals surface area (Å²) < 4.78 is 24.1. The molecule has 6 N–H and O–H groups in total. The Hall–Kier alpha value is -2.01. The number of hydrogen-bond acceptors (Lipinski definition) is 8. The summed E-state index contributed by atoms with van der Waals surface area (Å²) in [5, 5.41) is 21.8. The molecule has 0 fully saturated rings. The van der Waals surface area contributed by atoms with Crippen LogP contribution in [0.25, 0.3) is 0 Å². The van der Waals surface area contributed by atoms with Crippen molar-refractivity contribution in [2.24, 2.45) is 5.73 Å². The smallest absolute Gasteiger partial charge is 0.362 e. The van der Waals surface area contributed by atoms with Gasteiger partial charge in [0.25, 0.3) is 5.91 Å². The number of hydrogen-bond donors (Lipinski definition) is 5. The van der Waals surface area contributed by atoms with Crippen LogP contribution in [0, 0.1) is 0 Å². The first-order valence-electron chi connectivity index (χ1n) is 9.73. The van der Waals surface area contributed by atoms with Crippen LogP contribution in [0.4, 0.5) is 0 Å². The van der Waals surface area contributed by atoms with Gasteiger partial charge in [-0.2, -0.15) is 0 Å². The predicted octanol–water partition coefficient (Wildman–Crippen LogP) is 0.648. The van der Waals surface area contributed by atoms with Gasteiger partial charge in [-0.15, -0.1) is 0 Å². The van der Waals surface area contributed by atoms with Gasteiger partial charge in [0, 0.05) is 6.42 Å². The number of carboxylic acids is 2. The highest BCUT2D eigenvalue weighted by Gasteiger charge is 2.42. The van der Waals surface area contributed by atoms with Crippen LogP contribution < -0.4 is 16.4 Å². The highest BCUT2D eigenvalue weighted by atomic mass is 31.2. The van der Waals surface area contributed by atoms with Crippen molar-refractivity contribution < 1.29 is 43.0 Å². The molecule has 2 atom stereocenters. The van der Waals surface area contributed by atoms with E-state index in [0.717, 1.165) is 0 Å². The predicted molar refractivity (Wildman–Crippen MR) is 107 cm³/mol. The molecular formula is C17H32N3O9P. The maximum Gasteiger partial charge on any atom is 0.362 e. The van der Waals surface area contributed by atoms with Crippen LogP contribution >= 0.6 is 7.60 Å². The van der Waals surface area contributed by atoms with Crippen molar-refractivity contribution >= 4 is 31.3 Å². The fraction of sp³-hybridized carbons (Fsp3) is 0.765. The molecule has 0 saturated heterocycles. The zero-order valence-electron chi connectivity index (χ0n) is 17.3. The van der Waals surface area contributed by atoms with Crippen LogP contribution in [-0.2, 0) is 32.8 Å². The normalized spacial score (nSPS) is 13.3. The van der Waals surface area contributed by atoms with Gasteiger partial charge in [-0.05, 0) is 19.3 Å². The summed E-state index contributed by atoms with van der Waals surface area (Å²) in [5.41, 5.74) is 5.36. The van der Waals surface area contributed by atoms with Crippen LogP contribution in [0.1, 0.15) is 52.4 Å². The van der Waals surface area contributed by atoms with Crippen LogP contribution in [-0.4, -0.2) is 65.5 Å². The van der Waals surface area contributed by atoms with Crippen molar-refractivity contribution in [3.8, 4) is 0 Å². The number of amides is 2. The van der Waals surface area contributed by atoms with Crippen molar-refractivity contribution in [1.82, 2.24) is 10.6 Å². The second kappa shape index (κ2) is 14.9. The van der Waals surface area contributed by atoms with Crippen molar-refractivity contribution in [2.75, 3.05) is 19.8 Å². The van der Waals surface area contributed by atoms with E-state index in [9.17, 15) is 23.7 Å². The van der Waals surface area contributed by atoms with Gasteiger partial charge in [-0.25, -0.2) is 0 Å². The van der Waals surface area contributed by atoms with E-state index in [2.05, 4.69) is 10.6 Å². The third kappa shape index (κ3) is 11.2. The van der Waals surface area contributed by atoms with Crippen molar-refractivity contribution in [2.45, 2.75) is 64.2 Å². The number of nitrogens with two attached hydrogens (primary N) is 1. The Balaban J connectivity index is 5.50. The molecule has 0 aliphatic rings. The van der Waals surface area contributed by atoms with Crippen molar-refractivity contribution in [3.63, 3.8) is 0 Å². The lowest BCUT2D eigenvalue weighted by Gasteiger charge is -2.27. The van der Waals surface area contributed by atoms with E-state index in [1.165, 1.54) is 0 Å². The van der Waals surface area contributed by atoms with E-state index in [0.29, 0.717) is 25.7 Å². The Morgan fingerprint density at radius 2 is 1.57 bits per heavy atom. The molecule has 0 bridgehead atoms. The molecule has 2 amide bonds. The molecule has 30 heavy (non-hydrogen) atoms. The van der Waals surface area contributed by atoms with E-state index >= 15 is 0 Å². The van der Waals surface area contributed by atoms with Gasteiger partial charge in [0.1, 0.15) is 12.6 Å². The summed E-state index contributed by atoms with van der Waals surface area (Å²) in [5.74, 6) is -6.28. The molecule has 0 aliphatic heterocycles. The van der Waals surface area contributed by atoms with Crippen LogP contribution in [0.2, 0.25) is 0 Å². The molecule has 0 aromatic carbocycles. The number of carboxylic acid groups (broad SMARTS) is 2. The molecule has 0 saturated carbocycles. The molecule has 0 unspecified atom stereocenters. The number of carbonyl (C=O) groups excluding carboxylic acids is 2. The van der Waals surface area contributed by atoms with Crippen molar-refractivity contribution in [1.29, 1.82) is 0 Å². The van der Waals surface area contributed by atoms with Gasteiger partial charge < -0.3 is 35.6 Å². The second-order valence-corrected chi connectivity index (χ2v) is 8.59. The summed E-state index contributed by atoms with van der Waals surface area (Å²) in [6, 6.07) is -1.29. The first kappa shape index (κ1) is 28.0. The second-order valence-electron chi connectivity index (χ2n) is 6.48. The molecule has 0 aliphatic carbocycles. The first-order valence-corrected chi connectivity index (χ1v) is 11.3. The van der Waals surface area contributed by atoms with Crippen molar-refractivity contribution in [3.05, 3.63) is 0 Å². The van der Waals surface area contributed by atoms with Gasteiger partial charge >= 0.3 is 19.5 Å². The molecule has 0 aromatic heterocycles. The minimum Gasteiger partial charge on any atom is -0.480 e. The van der Waals surface area contributed by atoms with E-state index in [-0.39, 0.29) is 26.1 Å². The van der Waals surface area contributed by atoms with Crippen LogP contribution in [0.15, 0.2) is 0 Å². The maximum atomic E-state index is 13.3. The Morgan fingerprint density at radius 3 is 2.00 bits per heavy atom. The Morgan fingerprint density at radius 1 is 1.03 bits per heavy atom. The summed E-state index contributed by atoms with van der Waals surface area (Å²) in [6.07, 6.45) is 1.88. The molecule has 12 nitrogen and oxygen atoms in total. The molecule has 0 rings (SSSR count). The number of rotatable bonds is 17. The average Bonchev–Trinajstić information content (AvgIpc) is 2.68. The topological polar surface area (TPSA) is 194 Å². The third-order valence-electron chi connectivity index (χ3n) is 3.81. The van der Waals surface area contributed by atoms with Gasteiger partial charge in [0.15, 0.2) is 0 Å². The molecular weight excluding hydrogens is 421 g/mol. The molecule has 13 heteroatoms. The lowest BCUT2D eigenvalue weighted by atomic mass is 10.1. The molecule has 174 valence electrons. The maximum absolute atomic E-state index is 13.3. The molecule has 0 radical (unpaired) electrons. The fourth-order valence-electron chi connectivity index (χ4n) is 2.04. The summed E-state index contributed by atoms with van der Waals surface area (Å²) in [7, 11) is -4.21. The highest BCUT2D eigenvalue weighted by molar-refractivity contribution is 7.55. The van der Waals surface area contributed by atoms with E-state index in [1.807, 2.05) is 13.8 Å². The SMILES string of the molecule is CCCCOP(=O)(OCCCC)[C@H](NC(=O)CC[C@H](N)C(=O)O)C(=O)NCC(=O)O. The highest BCUT2D eigenvalue weighted by Crippen LogP contribution is 2.52. The van der Waals surface area contributed by atoms with Crippen LogP contribution in [0.5, 0.6) is 0 Å². The number of nitrogens with one attached hydrogen (secondary N) is 2. The van der Waals surface area contributed by atoms with Gasteiger partial charge in [0.05, 0.1) is 13.2 Å². The standard InChI is InChI=1S/C17H32N3O9P/c1-3-5-9-28-30(27,29-10-6-4-2)16(15(24)19-11-14(22)23)20-13(21)8-7-12(18)17(25)26/h12,16H,3-11,18H2,1-2H3,(H,19,24)(H,20,21)(H,22,23)(H,25,26)/t12-,16-/m0/s1. The average molecular weight is 453 g/mol. The first-order chi connectivity index (χ1) is 14.1. The van der Waals surface area contributed by atoms with Gasteiger partial charge in [-0.3, -0.25) is 23.7 Å². The van der Waals surface area contributed by atoms with E-state index < -0.39 is 49.7 Å². The number of unbranched alkanes of at least 4 members (excludes halogenated alkanes) is 2. The summed E-state index contributed by atoms with van der Waals surface area (Å²) >= 11 is 0. The van der Waals surface area contributed by atoms with Gasteiger partial charge in [0.2, 0.25) is 11.7 Å². The number of aliphatic carboxylic acids is 2. The molecule has 0 heterocycles. The minimum atomic E-state index is -4.21. The zero-order chi connectivity index (χ0) is 23.2. The quantitative estimate of drug-likeness (QED) is 0.154. The largest absolute Gasteiger partial charge is 0.480 e. The molecule has 0 aromatic rings. The Labute approximate surface area is 175 Å². The molecule has 0 spiro atoms. The van der Waals surface area contributed by atoms with E-state index in [4.69, 9.17) is 25.0 Å². The van der Waals surface area contributed by atoms with E-state index in [1.54, 1.807) is 0 Å². The van der Waals surface area contributed by atoms with Crippen LogP contribution in [0.3, 0.4) is 0 Å². The minimum absolute atomic E-state index is 0.00235. The Kier molecular flexibility index (Phi) is 13.9. The monoisotopic (exact) mass is 453 g/mol. The third-order valence-corrected chi connectivity index (χ3v) is 5.89. The lowest BCUT2D eigenvalue weighted by Crippen LogP contribution is -2.48. The number of carbonyl (C=O) groups is 4. The zero-order valence-corrected chi connectivity index (χ0v) is 18.2. The summed E-state index contributed by atoms with van der Waals surface area (Å²) in [4.78, 5) is 46.3. The Bertz CT molecular complexity index is 616. The lowest BCUT2D eigenvalue weighted by molar-refractivity contribution is -0.139. The summed E-state index contributed by atoms with van der Waals surface area (Å²) in [6.45, 7) is 2.98.